The summed E-state index contributed by atoms with van der Waals surface area (Å²) in [5.41, 5.74) is 2.71. The number of fused-ring (bicyclic) bond motifs is 4. The molecule has 2 aliphatic heterocycles. The van der Waals surface area contributed by atoms with Crippen molar-refractivity contribution in [2.24, 2.45) is 0 Å². The molecule has 4 rings (SSSR count). The number of hydrogen-bond acceptors (Lipinski definition) is 3. The lowest BCUT2D eigenvalue weighted by molar-refractivity contribution is 0.396. The minimum absolute atomic E-state index is 0.546. The van der Waals surface area contributed by atoms with Gasteiger partial charge in [-0.1, -0.05) is 6.42 Å². The Balaban J connectivity index is 1.73. The molecule has 1 N–H and O–H groups in total. The van der Waals surface area contributed by atoms with Gasteiger partial charge in [0.15, 0.2) is 0 Å². The van der Waals surface area contributed by atoms with Gasteiger partial charge in [-0.3, -0.25) is 0 Å². The molecule has 2 fully saturated rings. The van der Waals surface area contributed by atoms with E-state index >= 15 is 0 Å². The Morgan fingerprint density at radius 3 is 2.94 bits per heavy atom. The van der Waals surface area contributed by atoms with Crippen LogP contribution in [0.4, 0.5) is 0 Å². The fourth-order valence-corrected chi connectivity index (χ4v) is 3.22. The van der Waals surface area contributed by atoms with Crippen LogP contribution < -0.4 is 5.32 Å². The van der Waals surface area contributed by atoms with Crippen molar-refractivity contribution in [3.63, 3.8) is 0 Å². The first-order chi connectivity index (χ1) is 7.90. The second kappa shape index (κ2) is 3.27. The van der Waals surface area contributed by atoms with Gasteiger partial charge >= 0.3 is 0 Å². The zero-order chi connectivity index (χ0) is 10.5. The quantitative estimate of drug-likeness (QED) is 0.779. The third-order valence-electron chi connectivity index (χ3n) is 4.44. The van der Waals surface area contributed by atoms with E-state index in [4.69, 9.17) is 4.98 Å². The zero-order valence-corrected chi connectivity index (χ0v) is 9.45. The van der Waals surface area contributed by atoms with Crippen LogP contribution in [0.2, 0.25) is 0 Å². The summed E-state index contributed by atoms with van der Waals surface area (Å²) in [5.74, 6) is 1.78. The fourth-order valence-electron chi connectivity index (χ4n) is 3.22. The van der Waals surface area contributed by atoms with Crippen LogP contribution in [0.15, 0.2) is 6.20 Å². The summed E-state index contributed by atoms with van der Waals surface area (Å²) in [7, 11) is 0. The van der Waals surface area contributed by atoms with Gasteiger partial charge in [0, 0.05) is 36.2 Å². The molecule has 2 atom stereocenters. The maximum atomic E-state index is 4.82. The molecule has 0 spiro atoms. The smallest absolute Gasteiger partial charge is 0.131 e. The van der Waals surface area contributed by atoms with Crippen LogP contribution in [0.1, 0.15) is 61.1 Å². The molecule has 1 saturated heterocycles. The summed E-state index contributed by atoms with van der Waals surface area (Å²) in [6, 6.07) is 1.23. The SMILES string of the molecule is c1nc(C2CCC2)nc2c1C1CCC(C2)N1. The van der Waals surface area contributed by atoms with Crippen LogP contribution in [-0.2, 0) is 6.42 Å². The lowest BCUT2D eigenvalue weighted by atomic mass is 9.84. The van der Waals surface area contributed by atoms with Gasteiger partial charge in [0.1, 0.15) is 5.82 Å². The van der Waals surface area contributed by atoms with Crippen molar-refractivity contribution in [1.82, 2.24) is 15.3 Å². The van der Waals surface area contributed by atoms with E-state index in [0.29, 0.717) is 18.0 Å². The topological polar surface area (TPSA) is 37.8 Å². The van der Waals surface area contributed by atoms with E-state index in [1.807, 2.05) is 0 Å². The molecular weight excluding hydrogens is 198 g/mol. The van der Waals surface area contributed by atoms with Crippen LogP contribution in [0.3, 0.4) is 0 Å². The Bertz CT molecular complexity index is 425. The summed E-state index contributed by atoms with van der Waals surface area (Å²) in [6.45, 7) is 0. The van der Waals surface area contributed by atoms with Crippen molar-refractivity contribution in [2.75, 3.05) is 0 Å². The van der Waals surface area contributed by atoms with Crippen molar-refractivity contribution in [3.05, 3.63) is 23.3 Å². The van der Waals surface area contributed by atoms with E-state index in [9.17, 15) is 0 Å². The molecule has 0 radical (unpaired) electrons. The van der Waals surface area contributed by atoms with Crippen molar-refractivity contribution < 1.29 is 0 Å². The van der Waals surface area contributed by atoms with Gasteiger partial charge < -0.3 is 5.32 Å². The minimum atomic E-state index is 0.546. The third kappa shape index (κ3) is 1.24. The molecular formula is C13H17N3. The molecule has 3 heterocycles. The van der Waals surface area contributed by atoms with E-state index < -0.39 is 0 Å². The van der Waals surface area contributed by atoms with Gasteiger partial charge in [-0.15, -0.1) is 0 Å². The Morgan fingerprint density at radius 1 is 1.19 bits per heavy atom. The van der Waals surface area contributed by atoms with E-state index in [0.717, 1.165) is 12.2 Å². The standard InChI is InChI=1S/C13H17N3/c1-2-8(3-1)13-14-7-10-11-5-4-9(15-11)6-12(10)16-13/h7-9,11,15H,1-6H2. The summed E-state index contributed by atoms with van der Waals surface area (Å²) < 4.78 is 0. The molecule has 2 unspecified atom stereocenters. The van der Waals surface area contributed by atoms with Gasteiger partial charge in [-0.25, -0.2) is 9.97 Å². The van der Waals surface area contributed by atoms with E-state index in [1.165, 1.54) is 43.4 Å². The highest BCUT2D eigenvalue weighted by Crippen LogP contribution is 2.38. The van der Waals surface area contributed by atoms with Crippen LogP contribution in [0.25, 0.3) is 0 Å². The Hall–Kier alpha value is -0.960. The maximum absolute atomic E-state index is 4.82. The van der Waals surface area contributed by atoms with Crippen molar-refractivity contribution in [2.45, 2.75) is 56.5 Å². The Kier molecular flexibility index (Phi) is 1.86. The highest BCUT2D eigenvalue weighted by atomic mass is 15.0. The lowest BCUT2D eigenvalue weighted by Gasteiger charge is -2.27. The lowest BCUT2D eigenvalue weighted by Crippen LogP contribution is -2.33. The van der Waals surface area contributed by atoms with Gasteiger partial charge in [-0.2, -0.15) is 0 Å². The molecule has 3 nitrogen and oxygen atoms in total. The van der Waals surface area contributed by atoms with Crippen molar-refractivity contribution >= 4 is 0 Å². The zero-order valence-electron chi connectivity index (χ0n) is 9.45. The predicted molar refractivity (Wildman–Crippen MR) is 61.2 cm³/mol. The second-order valence-corrected chi connectivity index (χ2v) is 5.46. The first-order valence-electron chi connectivity index (χ1n) is 6.52. The molecule has 84 valence electrons. The molecule has 1 saturated carbocycles. The average molecular weight is 215 g/mol. The highest BCUT2D eigenvalue weighted by molar-refractivity contribution is 5.28. The number of nitrogens with one attached hydrogen (secondary N) is 1. The Labute approximate surface area is 95.7 Å². The molecule has 0 amide bonds. The summed E-state index contributed by atoms with van der Waals surface area (Å²) in [4.78, 5) is 9.40. The van der Waals surface area contributed by atoms with E-state index in [1.54, 1.807) is 0 Å². The van der Waals surface area contributed by atoms with Crippen LogP contribution in [-0.4, -0.2) is 16.0 Å². The van der Waals surface area contributed by atoms with Gasteiger partial charge in [-0.05, 0) is 25.7 Å². The molecule has 1 aromatic heterocycles. The number of hydrogen-bond donors (Lipinski definition) is 1. The van der Waals surface area contributed by atoms with E-state index in [-0.39, 0.29) is 0 Å². The monoisotopic (exact) mass is 215 g/mol. The van der Waals surface area contributed by atoms with Crippen molar-refractivity contribution in [3.8, 4) is 0 Å². The van der Waals surface area contributed by atoms with Crippen LogP contribution >= 0.6 is 0 Å². The number of nitrogens with zero attached hydrogens (tertiary/aromatic N) is 2. The molecule has 1 aliphatic carbocycles. The molecule has 1 aromatic rings. The molecule has 3 aliphatic rings. The second-order valence-electron chi connectivity index (χ2n) is 5.46. The number of rotatable bonds is 1. The van der Waals surface area contributed by atoms with Gasteiger partial charge in [0.05, 0.1) is 5.69 Å². The molecule has 0 aromatic carbocycles. The Morgan fingerprint density at radius 2 is 2.12 bits per heavy atom. The average Bonchev–Trinajstić information content (AvgIpc) is 2.59. The maximum Gasteiger partial charge on any atom is 0.131 e. The highest BCUT2D eigenvalue weighted by Gasteiger charge is 2.34. The summed E-state index contributed by atoms with van der Waals surface area (Å²) in [5, 5.41) is 3.64. The van der Waals surface area contributed by atoms with Crippen molar-refractivity contribution in [1.29, 1.82) is 0 Å². The first-order valence-corrected chi connectivity index (χ1v) is 6.52. The predicted octanol–water partition coefficient (Wildman–Crippen LogP) is 2.09. The normalized spacial score (nSPS) is 32.2. The van der Waals surface area contributed by atoms with Crippen LogP contribution in [0, 0.1) is 0 Å². The molecule has 16 heavy (non-hydrogen) atoms. The largest absolute Gasteiger partial charge is 0.307 e. The van der Waals surface area contributed by atoms with Crippen LogP contribution in [0.5, 0.6) is 0 Å². The summed E-state index contributed by atoms with van der Waals surface area (Å²) in [6.07, 6.45) is 9.73. The minimum Gasteiger partial charge on any atom is -0.307 e. The molecule has 2 bridgehead atoms. The summed E-state index contributed by atoms with van der Waals surface area (Å²) >= 11 is 0. The third-order valence-corrected chi connectivity index (χ3v) is 4.44. The van der Waals surface area contributed by atoms with Gasteiger partial charge in [0.25, 0.3) is 0 Å². The first kappa shape index (κ1) is 9.11. The molecule has 3 heteroatoms. The fraction of sp³-hybridized carbons (Fsp3) is 0.692. The van der Waals surface area contributed by atoms with Gasteiger partial charge in [0.2, 0.25) is 0 Å². The number of aromatic nitrogens is 2. The van der Waals surface area contributed by atoms with E-state index in [2.05, 4.69) is 16.5 Å².